The van der Waals surface area contributed by atoms with Crippen LogP contribution in [0.1, 0.15) is 18.5 Å². The van der Waals surface area contributed by atoms with Crippen LogP contribution in [0.3, 0.4) is 0 Å². The number of methoxy groups -OCH3 is 1. The molecular weight excluding hydrogens is 522 g/mol. The molecule has 1 aliphatic rings. The Kier molecular flexibility index (Phi) is 6.80. The second kappa shape index (κ2) is 9.96. The molecule has 0 unspecified atom stereocenters. The number of benzene rings is 1. The number of halogens is 4. The normalized spacial score (nSPS) is 18.7. The van der Waals surface area contributed by atoms with Crippen LogP contribution in [0.4, 0.5) is 29.2 Å². The number of ether oxygens (including phenoxy) is 1. The molecule has 0 spiro atoms. The molecule has 0 saturated carbocycles. The SMILES string of the molecule is COc1cc(F)c(-c2nc(Cn3cnc4c(N)ncnc43)c(N3CCC[C@](N)([C@H](O)C(F)F)C3)n2C)cc1F. The first-order valence-corrected chi connectivity index (χ1v) is 12.0. The third-order valence-electron chi connectivity index (χ3n) is 7.05. The number of hydrogen-bond acceptors (Lipinski definition) is 9. The molecule has 39 heavy (non-hydrogen) atoms. The van der Waals surface area contributed by atoms with Crippen molar-refractivity contribution in [1.82, 2.24) is 29.1 Å². The first-order chi connectivity index (χ1) is 18.5. The summed E-state index contributed by atoms with van der Waals surface area (Å²) in [5.41, 5.74) is 11.6. The molecule has 0 amide bonds. The minimum Gasteiger partial charge on any atom is -0.494 e. The number of aliphatic hydroxyl groups is 1. The quantitative estimate of drug-likeness (QED) is 0.295. The number of fused-ring (bicyclic) bond motifs is 1. The van der Waals surface area contributed by atoms with Crippen LogP contribution in [-0.4, -0.2) is 72.4 Å². The van der Waals surface area contributed by atoms with Crippen LogP contribution >= 0.6 is 0 Å². The molecule has 4 aromatic rings. The topological polar surface area (TPSA) is 146 Å². The van der Waals surface area contributed by atoms with E-state index in [1.54, 1.807) is 21.1 Å². The van der Waals surface area contributed by atoms with Gasteiger partial charge in [-0.15, -0.1) is 0 Å². The van der Waals surface area contributed by atoms with Crippen LogP contribution < -0.4 is 21.1 Å². The van der Waals surface area contributed by atoms with Gasteiger partial charge in [0.05, 0.1) is 31.1 Å². The highest BCUT2D eigenvalue weighted by Gasteiger charge is 2.44. The number of anilines is 2. The number of aromatic nitrogens is 6. The molecular formula is C24H27F4N9O2. The van der Waals surface area contributed by atoms with Crippen LogP contribution in [0.5, 0.6) is 5.75 Å². The molecule has 0 aliphatic carbocycles. The van der Waals surface area contributed by atoms with Crippen LogP contribution in [0.15, 0.2) is 24.8 Å². The number of alkyl halides is 2. The third kappa shape index (κ3) is 4.61. The number of piperidine rings is 1. The van der Waals surface area contributed by atoms with E-state index in [0.29, 0.717) is 35.6 Å². The van der Waals surface area contributed by atoms with Gasteiger partial charge in [0.25, 0.3) is 6.43 Å². The molecule has 1 aromatic carbocycles. The molecule has 5 N–H and O–H groups in total. The van der Waals surface area contributed by atoms with E-state index in [1.165, 1.54) is 19.8 Å². The van der Waals surface area contributed by atoms with Gasteiger partial charge < -0.3 is 35.3 Å². The lowest BCUT2D eigenvalue weighted by Crippen LogP contribution is -2.63. The van der Waals surface area contributed by atoms with Gasteiger partial charge in [-0.05, 0) is 18.9 Å². The molecule has 1 saturated heterocycles. The van der Waals surface area contributed by atoms with Crippen molar-refractivity contribution in [2.75, 3.05) is 30.8 Å². The number of nitrogen functional groups attached to an aromatic ring is 1. The first kappa shape index (κ1) is 26.6. The van der Waals surface area contributed by atoms with Crippen molar-refractivity contribution >= 4 is 22.8 Å². The van der Waals surface area contributed by atoms with Crippen molar-refractivity contribution in [3.05, 3.63) is 42.1 Å². The van der Waals surface area contributed by atoms with Gasteiger partial charge in [0.15, 0.2) is 23.0 Å². The van der Waals surface area contributed by atoms with Gasteiger partial charge in [-0.25, -0.2) is 37.5 Å². The van der Waals surface area contributed by atoms with Gasteiger partial charge in [-0.2, -0.15) is 0 Å². The minimum atomic E-state index is -3.03. The molecule has 1 fully saturated rings. The Balaban J connectivity index is 1.64. The molecule has 4 heterocycles. The predicted octanol–water partition coefficient (Wildman–Crippen LogP) is 2.07. The van der Waals surface area contributed by atoms with E-state index in [4.69, 9.17) is 16.2 Å². The lowest BCUT2D eigenvalue weighted by atomic mass is 9.84. The summed E-state index contributed by atoms with van der Waals surface area (Å²) in [7, 11) is 2.83. The highest BCUT2D eigenvalue weighted by molar-refractivity contribution is 5.81. The van der Waals surface area contributed by atoms with E-state index >= 15 is 4.39 Å². The maximum Gasteiger partial charge on any atom is 0.265 e. The van der Waals surface area contributed by atoms with Gasteiger partial charge in [0.2, 0.25) is 0 Å². The van der Waals surface area contributed by atoms with E-state index in [9.17, 15) is 18.3 Å². The Bertz CT molecular complexity index is 1530. The molecule has 15 heteroatoms. The second-order valence-corrected chi connectivity index (χ2v) is 9.57. The smallest absolute Gasteiger partial charge is 0.265 e. The maximum absolute atomic E-state index is 15.1. The van der Waals surface area contributed by atoms with Crippen molar-refractivity contribution < 1.29 is 27.4 Å². The van der Waals surface area contributed by atoms with E-state index in [0.717, 1.165) is 12.1 Å². The van der Waals surface area contributed by atoms with Gasteiger partial charge in [0, 0.05) is 26.2 Å². The van der Waals surface area contributed by atoms with Gasteiger partial charge in [0.1, 0.15) is 41.1 Å². The van der Waals surface area contributed by atoms with Gasteiger partial charge in [-0.3, -0.25) is 0 Å². The van der Waals surface area contributed by atoms with Crippen molar-refractivity contribution in [1.29, 1.82) is 0 Å². The molecule has 5 rings (SSSR count). The zero-order valence-corrected chi connectivity index (χ0v) is 21.2. The Labute approximate surface area is 220 Å². The van der Waals surface area contributed by atoms with Crippen molar-refractivity contribution in [2.45, 2.75) is 37.5 Å². The van der Waals surface area contributed by atoms with Crippen LogP contribution in [-0.2, 0) is 13.6 Å². The number of imidazole rings is 2. The predicted molar refractivity (Wildman–Crippen MR) is 134 cm³/mol. The standard InChI is InChI=1S/C24H27F4N9O2/c1-35-21(12-6-14(26)16(39-2)7-13(12)25)34-15(8-37-11-33-17-20(29)31-10-32-22(17)37)23(35)36-5-3-4-24(30,9-36)18(38)19(27)28/h6-7,10-11,18-19,38H,3-5,8-9,30H2,1-2H3,(H2,29,31,32)/t18-,24-/m1/s1. The average Bonchev–Trinajstić information content (AvgIpc) is 3.46. The zero-order chi connectivity index (χ0) is 28.1. The van der Waals surface area contributed by atoms with Crippen LogP contribution in [0.25, 0.3) is 22.6 Å². The molecule has 0 radical (unpaired) electrons. The van der Waals surface area contributed by atoms with Crippen LogP contribution in [0, 0.1) is 11.6 Å². The number of nitrogens with two attached hydrogens (primary N) is 2. The summed E-state index contributed by atoms with van der Waals surface area (Å²) in [5.74, 6) is -1.13. The average molecular weight is 550 g/mol. The van der Waals surface area contributed by atoms with E-state index in [-0.39, 0.29) is 42.5 Å². The van der Waals surface area contributed by atoms with Crippen molar-refractivity contribution in [3.8, 4) is 17.1 Å². The summed E-state index contributed by atoms with van der Waals surface area (Å²) in [4.78, 5) is 18.8. The molecule has 2 atom stereocenters. The number of hydrogen-bond donors (Lipinski definition) is 3. The summed E-state index contributed by atoms with van der Waals surface area (Å²) in [6.45, 7) is 0.353. The Morgan fingerprint density at radius 3 is 2.67 bits per heavy atom. The fourth-order valence-electron chi connectivity index (χ4n) is 5.11. The van der Waals surface area contributed by atoms with E-state index in [1.807, 2.05) is 0 Å². The Morgan fingerprint density at radius 1 is 1.18 bits per heavy atom. The first-order valence-electron chi connectivity index (χ1n) is 12.0. The summed E-state index contributed by atoms with van der Waals surface area (Å²) in [6.07, 6.45) is -1.72. The summed E-state index contributed by atoms with van der Waals surface area (Å²) >= 11 is 0. The maximum atomic E-state index is 15.1. The number of nitrogens with zero attached hydrogens (tertiary/aromatic N) is 7. The lowest BCUT2D eigenvalue weighted by Gasteiger charge is -2.43. The summed E-state index contributed by atoms with van der Waals surface area (Å²) in [5, 5.41) is 10.2. The molecule has 0 bridgehead atoms. The van der Waals surface area contributed by atoms with Crippen LogP contribution in [0.2, 0.25) is 0 Å². The molecule has 208 valence electrons. The van der Waals surface area contributed by atoms with E-state index < -0.39 is 29.7 Å². The molecule has 3 aromatic heterocycles. The summed E-state index contributed by atoms with van der Waals surface area (Å²) in [6, 6.07) is 1.90. The highest BCUT2D eigenvalue weighted by atomic mass is 19.3. The zero-order valence-electron chi connectivity index (χ0n) is 21.2. The minimum absolute atomic E-state index is 0.0713. The second-order valence-electron chi connectivity index (χ2n) is 9.57. The largest absolute Gasteiger partial charge is 0.494 e. The van der Waals surface area contributed by atoms with Crippen molar-refractivity contribution in [3.63, 3.8) is 0 Å². The van der Waals surface area contributed by atoms with Gasteiger partial charge in [-0.1, -0.05) is 0 Å². The van der Waals surface area contributed by atoms with Crippen molar-refractivity contribution in [2.24, 2.45) is 12.8 Å². The number of aliphatic hydroxyl groups excluding tert-OH is 1. The summed E-state index contributed by atoms with van der Waals surface area (Å²) < 4.78 is 64.7. The Hall–Kier alpha value is -3.98. The molecule has 1 aliphatic heterocycles. The Morgan fingerprint density at radius 2 is 1.95 bits per heavy atom. The highest BCUT2D eigenvalue weighted by Crippen LogP contribution is 2.36. The third-order valence-corrected chi connectivity index (χ3v) is 7.05. The van der Waals surface area contributed by atoms with E-state index in [2.05, 4.69) is 19.9 Å². The fourth-order valence-corrected chi connectivity index (χ4v) is 5.11. The number of rotatable bonds is 7. The molecule has 11 nitrogen and oxygen atoms in total. The van der Waals surface area contributed by atoms with Gasteiger partial charge >= 0.3 is 0 Å². The monoisotopic (exact) mass is 549 g/mol. The fraction of sp³-hybridized carbons (Fsp3) is 0.417. The lowest BCUT2D eigenvalue weighted by molar-refractivity contribution is -0.0530.